The predicted octanol–water partition coefficient (Wildman–Crippen LogP) is 3.21. The van der Waals surface area contributed by atoms with Crippen LogP contribution in [0, 0.1) is 0 Å². The molecule has 0 spiro atoms. The molecule has 0 radical (unpaired) electrons. The summed E-state index contributed by atoms with van der Waals surface area (Å²) in [4.78, 5) is 11.1. The van der Waals surface area contributed by atoms with Gasteiger partial charge in [0.2, 0.25) is 0 Å². The minimum absolute atomic E-state index is 0.275. The highest BCUT2D eigenvalue weighted by molar-refractivity contribution is 6.31. The second-order valence-electron chi connectivity index (χ2n) is 3.95. The zero-order chi connectivity index (χ0) is 13.1. The number of carboxylic acid groups (broad SMARTS) is 1. The van der Waals surface area contributed by atoms with Crippen molar-refractivity contribution in [3.8, 4) is 0 Å². The van der Waals surface area contributed by atoms with Crippen LogP contribution in [0.4, 0.5) is 5.69 Å². The number of anilines is 1. The van der Waals surface area contributed by atoms with Gasteiger partial charge in [-0.2, -0.15) is 0 Å². The lowest BCUT2D eigenvalue weighted by molar-refractivity contribution is 0.0696. The Labute approximate surface area is 110 Å². The van der Waals surface area contributed by atoms with E-state index in [0.717, 1.165) is 5.56 Å². The van der Waals surface area contributed by atoms with Crippen LogP contribution in [0.2, 0.25) is 5.02 Å². The minimum Gasteiger partial charge on any atom is -0.478 e. The molecule has 2 rings (SSSR count). The summed E-state index contributed by atoms with van der Waals surface area (Å²) in [5.41, 5.74) is 8.17. The first kappa shape index (κ1) is 12.5. The molecule has 2 aromatic rings. The van der Waals surface area contributed by atoms with Crippen LogP contribution >= 0.6 is 11.6 Å². The van der Waals surface area contributed by atoms with Gasteiger partial charge in [-0.05, 0) is 29.3 Å². The van der Waals surface area contributed by atoms with Gasteiger partial charge in [0.1, 0.15) is 0 Å². The summed E-state index contributed by atoms with van der Waals surface area (Å²) in [6.07, 6.45) is 0.411. The van der Waals surface area contributed by atoms with Crippen LogP contribution in [-0.2, 0) is 6.42 Å². The molecule has 0 aliphatic rings. The number of carboxylic acids is 1. The van der Waals surface area contributed by atoms with Gasteiger partial charge >= 0.3 is 5.97 Å². The highest BCUT2D eigenvalue weighted by Gasteiger charge is 2.12. The van der Waals surface area contributed by atoms with Crippen LogP contribution in [0.1, 0.15) is 21.5 Å². The summed E-state index contributed by atoms with van der Waals surface area (Å²) in [6.45, 7) is 0. The molecule has 0 saturated carbocycles. The molecule has 0 unspecified atom stereocenters. The Bertz CT molecular complexity index is 576. The summed E-state index contributed by atoms with van der Waals surface area (Å²) in [7, 11) is 0. The maximum absolute atomic E-state index is 11.1. The highest BCUT2D eigenvalue weighted by atomic mass is 35.5. The number of hydrogen-bond donors (Lipinski definition) is 2. The third-order valence-electron chi connectivity index (χ3n) is 2.77. The fourth-order valence-electron chi connectivity index (χ4n) is 1.84. The normalized spacial score (nSPS) is 10.3. The molecular formula is C14H12ClNO2. The van der Waals surface area contributed by atoms with Crippen molar-refractivity contribution in [2.45, 2.75) is 6.42 Å². The van der Waals surface area contributed by atoms with Gasteiger partial charge in [0.05, 0.1) is 5.56 Å². The van der Waals surface area contributed by atoms with Crippen molar-refractivity contribution in [3.05, 3.63) is 64.2 Å². The van der Waals surface area contributed by atoms with E-state index in [-0.39, 0.29) is 5.56 Å². The van der Waals surface area contributed by atoms with Crippen LogP contribution in [0.15, 0.2) is 42.5 Å². The molecule has 0 saturated heterocycles. The lowest BCUT2D eigenvalue weighted by Gasteiger charge is -2.10. The van der Waals surface area contributed by atoms with Crippen molar-refractivity contribution in [3.63, 3.8) is 0 Å². The first-order chi connectivity index (χ1) is 8.59. The van der Waals surface area contributed by atoms with Crippen molar-refractivity contribution in [2.75, 3.05) is 5.73 Å². The van der Waals surface area contributed by atoms with Gasteiger partial charge in [-0.15, -0.1) is 0 Å². The summed E-state index contributed by atoms with van der Waals surface area (Å²) >= 11 is 6.08. The van der Waals surface area contributed by atoms with Gasteiger partial charge in [-0.1, -0.05) is 35.9 Å². The Morgan fingerprint density at radius 3 is 2.56 bits per heavy atom. The van der Waals surface area contributed by atoms with E-state index in [9.17, 15) is 4.79 Å². The zero-order valence-corrected chi connectivity index (χ0v) is 10.3. The molecule has 2 aromatic carbocycles. The SMILES string of the molecule is Nc1cccc(Cl)c1Cc1ccccc1C(=O)O. The Morgan fingerprint density at radius 1 is 1.17 bits per heavy atom. The average Bonchev–Trinajstić information content (AvgIpc) is 2.34. The van der Waals surface area contributed by atoms with Gasteiger partial charge < -0.3 is 10.8 Å². The molecule has 0 aliphatic carbocycles. The van der Waals surface area contributed by atoms with Crippen molar-refractivity contribution in [2.24, 2.45) is 0 Å². The predicted molar refractivity (Wildman–Crippen MR) is 72.1 cm³/mol. The molecule has 0 bridgehead atoms. The van der Waals surface area contributed by atoms with E-state index >= 15 is 0 Å². The Balaban J connectivity index is 2.43. The molecule has 0 heterocycles. The van der Waals surface area contributed by atoms with E-state index in [1.807, 2.05) is 0 Å². The monoisotopic (exact) mass is 261 g/mol. The molecule has 0 fully saturated rings. The van der Waals surface area contributed by atoms with E-state index in [1.54, 1.807) is 42.5 Å². The van der Waals surface area contributed by atoms with Gasteiger partial charge in [0.25, 0.3) is 0 Å². The maximum Gasteiger partial charge on any atom is 0.335 e. The van der Waals surface area contributed by atoms with Crippen molar-refractivity contribution in [1.82, 2.24) is 0 Å². The van der Waals surface area contributed by atoms with Crippen molar-refractivity contribution in [1.29, 1.82) is 0 Å². The summed E-state index contributed by atoms with van der Waals surface area (Å²) in [5, 5.41) is 9.67. The molecular weight excluding hydrogens is 250 g/mol. The standard InChI is InChI=1S/C14H12ClNO2/c15-12-6-3-7-13(16)11(12)8-9-4-1-2-5-10(9)14(17)18/h1-7H,8,16H2,(H,17,18). The smallest absolute Gasteiger partial charge is 0.335 e. The van der Waals surface area contributed by atoms with Gasteiger partial charge in [0, 0.05) is 17.1 Å². The quantitative estimate of drug-likeness (QED) is 0.834. The van der Waals surface area contributed by atoms with Gasteiger partial charge in [0.15, 0.2) is 0 Å². The third kappa shape index (κ3) is 2.46. The van der Waals surface area contributed by atoms with Gasteiger partial charge in [-0.3, -0.25) is 0 Å². The Hall–Kier alpha value is -2.00. The maximum atomic E-state index is 11.1. The molecule has 92 valence electrons. The number of nitrogens with two attached hydrogens (primary N) is 1. The van der Waals surface area contributed by atoms with Crippen LogP contribution in [-0.4, -0.2) is 11.1 Å². The van der Waals surface area contributed by atoms with Crippen LogP contribution in [0.25, 0.3) is 0 Å². The number of halogens is 1. The molecule has 3 N–H and O–H groups in total. The Kier molecular flexibility index (Phi) is 3.53. The van der Waals surface area contributed by atoms with Crippen LogP contribution in [0.5, 0.6) is 0 Å². The molecule has 0 atom stereocenters. The number of aromatic carboxylic acids is 1. The number of hydrogen-bond acceptors (Lipinski definition) is 2. The second kappa shape index (κ2) is 5.10. The summed E-state index contributed by atoms with van der Waals surface area (Å²) in [5.74, 6) is -0.948. The average molecular weight is 262 g/mol. The van der Waals surface area contributed by atoms with E-state index in [0.29, 0.717) is 22.7 Å². The first-order valence-corrected chi connectivity index (χ1v) is 5.81. The van der Waals surface area contributed by atoms with Crippen molar-refractivity contribution < 1.29 is 9.90 Å². The van der Waals surface area contributed by atoms with Crippen molar-refractivity contribution >= 4 is 23.3 Å². The number of rotatable bonds is 3. The molecule has 0 aliphatic heterocycles. The van der Waals surface area contributed by atoms with E-state index in [1.165, 1.54) is 0 Å². The fourth-order valence-corrected chi connectivity index (χ4v) is 2.08. The van der Waals surface area contributed by atoms with E-state index < -0.39 is 5.97 Å². The number of benzene rings is 2. The molecule has 3 nitrogen and oxygen atoms in total. The Morgan fingerprint density at radius 2 is 1.89 bits per heavy atom. The fraction of sp³-hybridized carbons (Fsp3) is 0.0714. The number of nitrogen functional groups attached to an aromatic ring is 1. The second-order valence-corrected chi connectivity index (χ2v) is 4.35. The first-order valence-electron chi connectivity index (χ1n) is 5.43. The highest BCUT2D eigenvalue weighted by Crippen LogP contribution is 2.26. The lowest BCUT2D eigenvalue weighted by Crippen LogP contribution is -2.04. The molecule has 0 amide bonds. The zero-order valence-electron chi connectivity index (χ0n) is 9.56. The topological polar surface area (TPSA) is 63.3 Å². The largest absolute Gasteiger partial charge is 0.478 e. The minimum atomic E-state index is -0.948. The molecule has 18 heavy (non-hydrogen) atoms. The lowest BCUT2D eigenvalue weighted by atomic mass is 9.99. The van der Waals surface area contributed by atoms with E-state index in [2.05, 4.69) is 0 Å². The molecule has 4 heteroatoms. The third-order valence-corrected chi connectivity index (χ3v) is 3.12. The van der Waals surface area contributed by atoms with Crippen LogP contribution < -0.4 is 5.73 Å². The molecule has 0 aromatic heterocycles. The van der Waals surface area contributed by atoms with Gasteiger partial charge in [-0.25, -0.2) is 4.79 Å². The number of carbonyl (C=O) groups is 1. The van der Waals surface area contributed by atoms with Crippen LogP contribution in [0.3, 0.4) is 0 Å². The summed E-state index contributed by atoms with van der Waals surface area (Å²) in [6, 6.07) is 12.1. The summed E-state index contributed by atoms with van der Waals surface area (Å²) < 4.78 is 0. The van der Waals surface area contributed by atoms with E-state index in [4.69, 9.17) is 22.4 Å².